The molecule has 3 nitrogen and oxygen atoms in total. The molecule has 2 aromatic carbocycles. The number of hydrogen-bond acceptors (Lipinski definition) is 3. The number of hydrogen-bond donors (Lipinski definition) is 0. The Labute approximate surface area is 163 Å². The van der Waals surface area contributed by atoms with Gasteiger partial charge in [0.15, 0.2) is 0 Å². The van der Waals surface area contributed by atoms with Crippen molar-refractivity contribution >= 4 is 40.4 Å². The van der Waals surface area contributed by atoms with E-state index in [4.69, 9.17) is 28.8 Å². The normalized spacial score (nSPS) is 18.5. The molecule has 132 valence electrons. The number of benzene rings is 2. The zero-order chi connectivity index (χ0) is 18.3. The van der Waals surface area contributed by atoms with Gasteiger partial charge in [-0.3, -0.25) is 14.7 Å². The Balaban J connectivity index is 1.76. The van der Waals surface area contributed by atoms with Crippen LogP contribution in [0.15, 0.2) is 53.5 Å². The average molecular weight is 383 g/mol. The molecule has 1 heterocycles. The molecule has 0 atom stereocenters. The molecule has 4 rings (SSSR count). The maximum atomic E-state index is 13.3. The summed E-state index contributed by atoms with van der Waals surface area (Å²) in [5.74, 6) is -0.0716. The lowest BCUT2D eigenvalue weighted by Gasteiger charge is -2.32. The second-order valence-electron chi connectivity index (χ2n) is 6.97. The van der Waals surface area contributed by atoms with Gasteiger partial charge in [0.2, 0.25) is 0 Å². The smallest absolute Gasteiger partial charge is 0.260 e. The zero-order valence-electron chi connectivity index (χ0n) is 14.5. The monoisotopic (exact) mass is 382 g/mol. The zero-order valence-corrected chi connectivity index (χ0v) is 16.1. The molecule has 26 heavy (non-hydrogen) atoms. The highest BCUT2D eigenvalue weighted by Crippen LogP contribution is 2.42. The van der Waals surface area contributed by atoms with Gasteiger partial charge in [-0.2, -0.15) is 0 Å². The van der Waals surface area contributed by atoms with E-state index in [0.29, 0.717) is 21.3 Å². The summed E-state index contributed by atoms with van der Waals surface area (Å²) in [4.78, 5) is 20.5. The van der Waals surface area contributed by atoms with Crippen LogP contribution in [0.4, 0.5) is 0 Å². The third-order valence-electron chi connectivity index (χ3n) is 5.15. The van der Waals surface area contributed by atoms with Crippen molar-refractivity contribution in [3.63, 3.8) is 0 Å². The largest absolute Gasteiger partial charge is 0.271 e. The third-order valence-corrected chi connectivity index (χ3v) is 5.76. The molecule has 0 N–H and O–H groups in total. The molecule has 5 heteroatoms. The molecule has 2 aromatic rings. The highest BCUT2D eigenvalue weighted by atomic mass is 35.5. The molecule has 0 bridgehead atoms. The molecule has 1 saturated carbocycles. The lowest BCUT2D eigenvalue weighted by Crippen LogP contribution is -2.48. The van der Waals surface area contributed by atoms with Gasteiger partial charge in [0.25, 0.3) is 5.91 Å². The van der Waals surface area contributed by atoms with Crippen LogP contribution in [0.5, 0.6) is 0 Å². The maximum Gasteiger partial charge on any atom is 0.260 e. The van der Waals surface area contributed by atoms with Gasteiger partial charge in [-0.05, 0) is 56.9 Å². The molecule has 0 radical (unpaired) electrons. The summed E-state index contributed by atoms with van der Waals surface area (Å²) in [6.45, 7) is 2.01. The van der Waals surface area contributed by atoms with Crippen LogP contribution >= 0.6 is 23.8 Å². The molecule has 0 aromatic heterocycles. The van der Waals surface area contributed by atoms with Crippen LogP contribution in [0, 0.1) is 6.92 Å². The SMILES string of the molecule is Cc1ccc(C(=O)N2C(=S)C(c3cccc(Cl)c3)=NC23CCCC3)cc1. The summed E-state index contributed by atoms with van der Waals surface area (Å²) in [6.07, 6.45) is 3.78. The van der Waals surface area contributed by atoms with Crippen molar-refractivity contribution in [2.45, 2.75) is 38.3 Å². The fourth-order valence-electron chi connectivity index (χ4n) is 3.81. The van der Waals surface area contributed by atoms with Gasteiger partial charge in [-0.25, -0.2) is 0 Å². The maximum absolute atomic E-state index is 13.3. The van der Waals surface area contributed by atoms with Gasteiger partial charge in [-0.15, -0.1) is 0 Å². The van der Waals surface area contributed by atoms with E-state index in [1.54, 1.807) is 4.90 Å². The topological polar surface area (TPSA) is 32.7 Å². The Hall–Kier alpha value is -2.04. The van der Waals surface area contributed by atoms with Gasteiger partial charge >= 0.3 is 0 Å². The highest BCUT2D eigenvalue weighted by molar-refractivity contribution is 7.82. The Kier molecular flexibility index (Phi) is 4.41. The van der Waals surface area contributed by atoms with Crippen molar-refractivity contribution < 1.29 is 4.79 Å². The van der Waals surface area contributed by atoms with Crippen LogP contribution in [0.25, 0.3) is 0 Å². The van der Waals surface area contributed by atoms with Crippen molar-refractivity contribution in [2.24, 2.45) is 4.99 Å². The molecule has 1 aliphatic carbocycles. The summed E-state index contributed by atoms with van der Waals surface area (Å²) in [5, 5.41) is 0.636. The minimum absolute atomic E-state index is 0.0716. The predicted octanol–water partition coefficient (Wildman–Crippen LogP) is 5.19. The second kappa shape index (κ2) is 6.60. The average Bonchev–Trinajstić information content (AvgIpc) is 3.20. The van der Waals surface area contributed by atoms with Gasteiger partial charge < -0.3 is 0 Å². The molecule has 0 unspecified atom stereocenters. The van der Waals surface area contributed by atoms with E-state index in [9.17, 15) is 4.79 Å². The molecule has 1 amide bonds. The van der Waals surface area contributed by atoms with Crippen LogP contribution in [0.1, 0.15) is 47.2 Å². The van der Waals surface area contributed by atoms with E-state index in [-0.39, 0.29) is 5.91 Å². The minimum Gasteiger partial charge on any atom is -0.271 e. The van der Waals surface area contributed by atoms with E-state index >= 15 is 0 Å². The number of thiocarbonyl (C=S) groups is 1. The summed E-state index contributed by atoms with van der Waals surface area (Å²) in [7, 11) is 0. The number of halogens is 1. The molecule has 1 spiro atoms. The first-order chi connectivity index (χ1) is 12.5. The van der Waals surface area contributed by atoms with Gasteiger partial charge in [0.1, 0.15) is 16.4 Å². The number of rotatable bonds is 2. The number of amides is 1. The van der Waals surface area contributed by atoms with E-state index in [1.807, 2.05) is 55.5 Å². The Morgan fingerprint density at radius 3 is 2.50 bits per heavy atom. The van der Waals surface area contributed by atoms with E-state index in [1.165, 1.54) is 0 Å². The van der Waals surface area contributed by atoms with E-state index < -0.39 is 5.66 Å². The number of carbonyl (C=O) groups excluding carboxylic acids is 1. The quantitative estimate of drug-likeness (QED) is 0.669. The number of carbonyl (C=O) groups is 1. The summed E-state index contributed by atoms with van der Waals surface area (Å²) >= 11 is 11.9. The number of aryl methyl sites for hydroxylation is 1. The summed E-state index contributed by atoms with van der Waals surface area (Å²) in [6, 6.07) is 15.1. The summed E-state index contributed by atoms with van der Waals surface area (Å²) in [5.41, 5.74) is 2.79. The molecular weight excluding hydrogens is 364 g/mol. The van der Waals surface area contributed by atoms with Crippen LogP contribution < -0.4 is 0 Å². The standard InChI is InChI=1S/C21H19ClN2OS/c1-14-7-9-15(10-8-14)19(25)24-20(26)18(16-5-4-6-17(22)13-16)23-21(24)11-2-3-12-21/h4-10,13H,2-3,11-12H2,1H3. The molecule has 0 saturated heterocycles. The first-order valence-electron chi connectivity index (χ1n) is 8.82. The second-order valence-corrected chi connectivity index (χ2v) is 7.80. The fourth-order valence-corrected chi connectivity index (χ4v) is 4.41. The van der Waals surface area contributed by atoms with Crippen molar-refractivity contribution in [3.8, 4) is 0 Å². The minimum atomic E-state index is -0.545. The molecule has 1 aliphatic heterocycles. The van der Waals surface area contributed by atoms with Crippen LogP contribution in [-0.4, -0.2) is 27.2 Å². The Bertz CT molecular complexity index is 914. The lowest BCUT2D eigenvalue weighted by molar-refractivity contribution is 0.0724. The summed E-state index contributed by atoms with van der Waals surface area (Å²) < 4.78 is 0. The van der Waals surface area contributed by atoms with Crippen molar-refractivity contribution in [3.05, 3.63) is 70.2 Å². The van der Waals surface area contributed by atoms with E-state index in [2.05, 4.69) is 0 Å². The predicted molar refractivity (Wildman–Crippen MR) is 109 cm³/mol. The van der Waals surface area contributed by atoms with Crippen molar-refractivity contribution in [1.82, 2.24) is 4.90 Å². The first-order valence-corrected chi connectivity index (χ1v) is 9.60. The van der Waals surface area contributed by atoms with Gasteiger partial charge in [0.05, 0.1) is 0 Å². The van der Waals surface area contributed by atoms with Crippen molar-refractivity contribution in [2.75, 3.05) is 0 Å². The van der Waals surface area contributed by atoms with E-state index in [0.717, 1.165) is 36.8 Å². The van der Waals surface area contributed by atoms with Crippen LogP contribution in [0.3, 0.4) is 0 Å². The lowest BCUT2D eigenvalue weighted by atomic mass is 10.1. The number of nitrogens with zero attached hydrogens (tertiary/aromatic N) is 2. The highest BCUT2D eigenvalue weighted by Gasteiger charge is 2.50. The van der Waals surface area contributed by atoms with Gasteiger partial charge in [-0.1, -0.05) is 53.6 Å². The molecule has 1 fully saturated rings. The fraction of sp³-hybridized carbons (Fsp3) is 0.286. The van der Waals surface area contributed by atoms with Crippen LogP contribution in [-0.2, 0) is 0 Å². The Morgan fingerprint density at radius 1 is 1.15 bits per heavy atom. The van der Waals surface area contributed by atoms with Gasteiger partial charge in [0, 0.05) is 16.1 Å². The molecular formula is C21H19ClN2OS. The third kappa shape index (κ3) is 2.87. The Morgan fingerprint density at radius 2 is 1.85 bits per heavy atom. The number of aliphatic imine (C=N–C) groups is 1. The first kappa shape index (κ1) is 17.4. The van der Waals surface area contributed by atoms with Crippen LogP contribution in [0.2, 0.25) is 5.02 Å². The van der Waals surface area contributed by atoms with Crippen molar-refractivity contribution in [1.29, 1.82) is 0 Å². The molecule has 2 aliphatic rings.